The molecule has 0 saturated heterocycles. The Kier molecular flexibility index (Phi) is 7.77. The van der Waals surface area contributed by atoms with E-state index in [1.54, 1.807) is 0 Å². The van der Waals surface area contributed by atoms with Crippen molar-refractivity contribution in [2.24, 2.45) is 11.5 Å². The number of amides is 2. The van der Waals surface area contributed by atoms with Crippen molar-refractivity contribution < 1.29 is 9.59 Å². The van der Waals surface area contributed by atoms with Gasteiger partial charge in [-0.25, -0.2) is 0 Å². The fourth-order valence-corrected chi connectivity index (χ4v) is 0.854. The van der Waals surface area contributed by atoms with Gasteiger partial charge in [0.2, 0.25) is 0 Å². The van der Waals surface area contributed by atoms with Gasteiger partial charge in [-0.1, -0.05) is 0 Å². The fourth-order valence-electron chi connectivity index (χ4n) is 0.854. The molecule has 6 nitrogen and oxygen atoms in total. The maximum absolute atomic E-state index is 10.7. The number of carbonyl (C=O) groups excluding carboxylic acids is 2. The molecule has 0 bridgehead atoms. The highest BCUT2D eigenvalue weighted by Gasteiger charge is 2.05. The quantitative estimate of drug-likeness (QED) is 0.280. The smallest absolute Gasteiger partial charge is 0.309 e. The van der Waals surface area contributed by atoms with E-state index in [4.69, 9.17) is 11.5 Å². The van der Waals surface area contributed by atoms with E-state index in [0.29, 0.717) is 13.1 Å². The molecule has 0 aliphatic heterocycles. The van der Waals surface area contributed by atoms with Crippen molar-refractivity contribution in [1.82, 2.24) is 10.6 Å². The van der Waals surface area contributed by atoms with Gasteiger partial charge < -0.3 is 22.1 Å². The summed E-state index contributed by atoms with van der Waals surface area (Å²) in [5, 5.41) is 5.54. The molecule has 0 saturated carbocycles. The summed E-state index contributed by atoms with van der Waals surface area (Å²) < 4.78 is 0. The standard InChI is InChI=1S/C8H18N4O2/c9-3-1-4-11-5-2-6-12-8(14)7(10)13/h11H,1-6,9H2,(H2,10,13)(H,12,14). The van der Waals surface area contributed by atoms with Crippen LogP contribution in [0.15, 0.2) is 0 Å². The summed E-state index contributed by atoms with van der Waals surface area (Å²) in [6, 6.07) is 0. The average molecular weight is 202 g/mol. The van der Waals surface area contributed by atoms with Gasteiger partial charge in [-0.05, 0) is 32.5 Å². The molecule has 6 heteroatoms. The molecule has 6 N–H and O–H groups in total. The Morgan fingerprint density at radius 1 is 1.07 bits per heavy atom. The molecule has 0 atom stereocenters. The first-order chi connectivity index (χ1) is 6.68. The number of nitrogens with two attached hydrogens (primary N) is 2. The lowest BCUT2D eigenvalue weighted by molar-refractivity contribution is -0.137. The van der Waals surface area contributed by atoms with Gasteiger partial charge in [-0.3, -0.25) is 9.59 Å². The van der Waals surface area contributed by atoms with E-state index < -0.39 is 11.8 Å². The van der Waals surface area contributed by atoms with E-state index in [9.17, 15) is 9.59 Å². The Morgan fingerprint density at radius 2 is 1.71 bits per heavy atom. The van der Waals surface area contributed by atoms with Crippen LogP contribution in [-0.4, -0.2) is 38.0 Å². The average Bonchev–Trinajstić information content (AvgIpc) is 2.16. The molecule has 0 aliphatic carbocycles. The summed E-state index contributed by atoms with van der Waals surface area (Å²) in [4.78, 5) is 20.9. The Morgan fingerprint density at radius 3 is 2.29 bits per heavy atom. The molecule has 0 aromatic carbocycles. The molecule has 0 heterocycles. The fraction of sp³-hybridized carbons (Fsp3) is 0.750. The van der Waals surface area contributed by atoms with E-state index in [0.717, 1.165) is 25.9 Å². The molecule has 2 amide bonds. The lowest BCUT2D eigenvalue weighted by Crippen LogP contribution is -2.37. The molecule has 0 aromatic rings. The first-order valence-corrected chi connectivity index (χ1v) is 4.67. The van der Waals surface area contributed by atoms with Gasteiger partial charge in [-0.2, -0.15) is 0 Å². The third-order valence-electron chi connectivity index (χ3n) is 1.60. The van der Waals surface area contributed by atoms with Crippen molar-refractivity contribution in [3.05, 3.63) is 0 Å². The summed E-state index contributed by atoms with van der Waals surface area (Å²) in [6.07, 6.45) is 1.71. The minimum atomic E-state index is -0.943. The van der Waals surface area contributed by atoms with Gasteiger partial charge in [0.15, 0.2) is 0 Å². The van der Waals surface area contributed by atoms with Crippen molar-refractivity contribution in [2.45, 2.75) is 12.8 Å². The third-order valence-corrected chi connectivity index (χ3v) is 1.60. The van der Waals surface area contributed by atoms with Gasteiger partial charge in [0.25, 0.3) is 0 Å². The number of hydrogen-bond acceptors (Lipinski definition) is 4. The van der Waals surface area contributed by atoms with E-state index in [1.165, 1.54) is 0 Å². The third kappa shape index (κ3) is 7.51. The Hall–Kier alpha value is -1.14. The second-order valence-electron chi connectivity index (χ2n) is 2.87. The maximum atomic E-state index is 10.7. The summed E-state index contributed by atoms with van der Waals surface area (Å²) in [5.41, 5.74) is 10.0. The highest BCUT2D eigenvalue weighted by molar-refractivity contribution is 6.34. The minimum Gasteiger partial charge on any atom is -0.361 e. The van der Waals surface area contributed by atoms with Gasteiger partial charge in [0.05, 0.1) is 0 Å². The van der Waals surface area contributed by atoms with Gasteiger partial charge >= 0.3 is 11.8 Å². The van der Waals surface area contributed by atoms with Crippen LogP contribution in [0.3, 0.4) is 0 Å². The molecule has 0 fully saturated rings. The van der Waals surface area contributed by atoms with Crippen molar-refractivity contribution in [1.29, 1.82) is 0 Å². The highest BCUT2D eigenvalue weighted by Crippen LogP contribution is 1.75. The Bertz CT molecular complexity index is 184. The molecule has 82 valence electrons. The second-order valence-corrected chi connectivity index (χ2v) is 2.87. The van der Waals surface area contributed by atoms with Crippen molar-refractivity contribution in [3.63, 3.8) is 0 Å². The Labute approximate surface area is 83.4 Å². The van der Waals surface area contributed by atoms with E-state index in [-0.39, 0.29) is 0 Å². The summed E-state index contributed by atoms with van der Waals surface area (Å²) in [5.74, 6) is -1.67. The molecule has 0 spiro atoms. The number of primary amides is 1. The summed E-state index contributed by atoms with van der Waals surface area (Å²) >= 11 is 0. The molecule has 0 aromatic heterocycles. The highest BCUT2D eigenvalue weighted by atomic mass is 16.2. The summed E-state index contributed by atoms with van der Waals surface area (Å²) in [6.45, 7) is 2.79. The Balaban J connectivity index is 3.13. The van der Waals surface area contributed by atoms with Crippen molar-refractivity contribution in [3.8, 4) is 0 Å². The van der Waals surface area contributed by atoms with Crippen molar-refractivity contribution in [2.75, 3.05) is 26.2 Å². The second kappa shape index (κ2) is 8.46. The lowest BCUT2D eigenvalue weighted by Gasteiger charge is -2.04. The molecule has 0 unspecified atom stereocenters. The normalized spacial score (nSPS) is 9.79. The lowest BCUT2D eigenvalue weighted by atomic mass is 10.3. The maximum Gasteiger partial charge on any atom is 0.309 e. The number of nitrogens with one attached hydrogen (secondary N) is 2. The van der Waals surface area contributed by atoms with Gasteiger partial charge in [-0.15, -0.1) is 0 Å². The molecular formula is C8H18N4O2. The van der Waals surface area contributed by atoms with Gasteiger partial charge in [0.1, 0.15) is 0 Å². The predicted molar refractivity (Wildman–Crippen MR) is 53.4 cm³/mol. The van der Waals surface area contributed by atoms with Crippen LogP contribution in [0.5, 0.6) is 0 Å². The van der Waals surface area contributed by atoms with Crippen LogP contribution in [-0.2, 0) is 9.59 Å². The molecule has 0 radical (unpaired) electrons. The topological polar surface area (TPSA) is 110 Å². The monoisotopic (exact) mass is 202 g/mol. The van der Waals surface area contributed by atoms with Crippen LogP contribution in [0.25, 0.3) is 0 Å². The zero-order valence-corrected chi connectivity index (χ0v) is 8.21. The first kappa shape index (κ1) is 12.9. The van der Waals surface area contributed by atoms with Crippen LogP contribution in [0, 0.1) is 0 Å². The molecule has 0 rings (SSSR count). The summed E-state index contributed by atoms with van der Waals surface area (Å²) in [7, 11) is 0. The van der Waals surface area contributed by atoms with Crippen LogP contribution in [0.2, 0.25) is 0 Å². The number of carbonyl (C=O) groups is 2. The minimum absolute atomic E-state index is 0.456. The molecular weight excluding hydrogens is 184 g/mol. The van der Waals surface area contributed by atoms with Crippen LogP contribution in [0.1, 0.15) is 12.8 Å². The van der Waals surface area contributed by atoms with Crippen LogP contribution < -0.4 is 22.1 Å². The van der Waals surface area contributed by atoms with Crippen LogP contribution in [0.4, 0.5) is 0 Å². The van der Waals surface area contributed by atoms with Crippen LogP contribution >= 0.6 is 0 Å². The largest absolute Gasteiger partial charge is 0.361 e. The van der Waals surface area contributed by atoms with E-state index in [1.807, 2.05) is 0 Å². The zero-order chi connectivity index (χ0) is 10.8. The van der Waals surface area contributed by atoms with E-state index in [2.05, 4.69) is 10.6 Å². The zero-order valence-electron chi connectivity index (χ0n) is 8.21. The molecule has 0 aliphatic rings. The predicted octanol–water partition coefficient (Wildman–Crippen LogP) is -2.08. The first-order valence-electron chi connectivity index (χ1n) is 4.67. The number of rotatable bonds is 7. The van der Waals surface area contributed by atoms with Crippen molar-refractivity contribution >= 4 is 11.8 Å². The SMILES string of the molecule is NCCCNCCCNC(=O)C(N)=O. The molecule has 14 heavy (non-hydrogen) atoms. The number of hydrogen-bond donors (Lipinski definition) is 4. The van der Waals surface area contributed by atoms with Gasteiger partial charge in [0, 0.05) is 6.54 Å². The van der Waals surface area contributed by atoms with E-state index >= 15 is 0 Å².